The molecule has 0 saturated carbocycles. The summed E-state index contributed by atoms with van der Waals surface area (Å²) in [7, 11) is 0. The van der Waals surface area contributed by atoms with Crippen LogP contribution in [0.3, 0.4) is 0 Å². The van der Waals surface area contributed by atoms with Gasteiger partial charge in [0.15, 0.2) is 17.6 Å². The molecule has 11 heteroatoms. The Morgan fingerprint density at radius 1 is 1.19 bits per heavy atom. The lowest BCUT2D eigenvalue weighted by Crippen LogP contribution is -2.12. The van der Waals surface area contributed by atoms with Gasteiger partial charge in [0.05, 0.1) is 10.6 Å². The maximum atomic E-state index is 11.8. The van der Waals surface area contributed by atoms with Crippen molar-refractivity contribution in [2.45, 2.75) is 26.4 Å². The highest BCUT2D eigenvalue weighted by molar-refractivity contribution is 7.16. The number of carbonyl (C=O) groups excluding carboxylic acids is 1. The molecule has 3 rings (SSSR count). The largest absolute Gasteiger partial charge is 0.457 e. The average Bonchev–Trinajstić information content (AvgIpc) is 3.25. The number of aromatic nitrogens is 4. The van der Waals surface area contributed by atoms with Crippen molar-refractivity contribution in [3.63, 3.8) is 0 Å². The van der Waals surface area contributed by atoms with E-state index >= 15 is 0 Å². The molecule has 0 fully saturated rings. The lowest BCUT2D eigenvalue weighted by molar-refractivity contribution is -0.145. The molecule has 0 amide bonds. The maximum absolute atomic E-state index is 11.8. The minimum absolute atomic E-state index is 0.00160. The Balaban J connectivity index is 1.37. The minimum atomic E-state index is -0.344. The van der Waals surface area contributed by atoms with Crippen molar-refractivity contribution in [1.29, 1.82) is 0 Å². The molecule has 3 aromatic rings. The van der Waals surface area contributed by atoms with E-state index in [1.807, 2.05) is 5.38 Å². The second-order valence-electron chi connectivity index (χ2n) is 5.61. The molecular weight excluding hydrogens is 386 g/mol. The molecule has 5 N–H and O–H groups in total. The zero-order valence-electron chi connectivity index (χ0n) is 14.6. The minimum Gasteiger partial charge on any atom is -0.457 e. The highest BCUT2D eigenvalue weighted by atomic mass is 32.1. The quantitative estimate of drug-likeness (QED) is 0.380. The molecule has 142 valence electrons. The van der Waals surface area contributed by atoms with E-state index in [-0.39, 0.29) is 36.7 Å². The van der Waals surface area contributed by atoms with Gasteiger partial charge in [-0.25, -0.2) is 4.98 Å². The molecule has 0 aliphatic rings. The van der Waals surface area contributed by atoms with Gasteiger partial charge in [-0.05, 0) is 25.5 Å². The second-order valence-corrected chi connectivity index (χ2v) is 7.75. The number of thiophene rings is 1. The second kappa shape index (κ2) is 8.73. The summed E-state index contributed by atoms with van der Waals surface area (Å²) >= 11 is 3.26. The first kappa shape index (κ1) is 19.0. The van der Waals surface area contributed by atoms with E-state index in [9.17, 15) is 4.79 Å². The van der Waals surface area contributed by atoms with Crippen molar-refractivity contribution in [3.8, 4) is 10.6 Å². The van der Waals surface area contributed by atoms with Crippen LogP contribution in [-0.2, 0) is 16.1 Å². The molecular formula is C16H19N7O2S2. The summed E-state index contributed by atoms with van der Waals surface area (Å²) in [6.07, 6.45) is 0.888. The summed E-state index contributed by atoms with van der Waals surface area (Å²) in [5.41, 5.74) is 11.9. The van der Waals surface area contributed by atoms with Crippen LogP contribution in [0.15, 0.2) is 17.5 Å². The molecule has 0 radical (unpaired) electrons. The molecule has 0 aromatic carbocycles. The third-order valence-electron chi connectivity index (χ3n) is 3.41. The summed E-state index contributed by atoms with van der Waals surface area (Å²) in [6, 6.07) is 4.15. The van der Waals surface area contributed by atoms with Crippen LogP contribution in [0, 0.1) is 6.92 Å². The summed E-state index contributed by atoms with van der Waals surface area (Å²) in [5, 5.41) is 6.08. The van der Waals surface area contributed by atoms with Crippen LogP contribution < -0.4 is 16.8 Å². The number of nitrogens with zero attached hydrogens (tertiary/aromatic N) is 4. The smallest absolute Gasteiger partial charge is 0.306 e. The van der Waals surface area contributed by atoms with Gasteiger partial charge in [-0.3, -0.25) is 4.79 Å². The Morgan fingerprint density at radius 3 is 2.67 bits per heavy atom. The summed E-state index contributed by atoms with van der Waals surface area (Å²) in [6.45, 7) is 2.61. The predicted molar refractivity (Wildman–Crippen MR) is 106 cm³/mol. The Labute approximate surface area is 163 Å². The van der Waals surface area contributed by atoms with E-state index in [1.165, 1.54) is 4.88 Å². The van der Waals surface area contributed by atoms with Gasteiger partial charge >= 0.3 is 5.97 Å². The van der Waals surface area contributed by atoms with Crippen LogP contribution in [0.1, 0.15) is 23.5 Å². The van der Waals surface area contributed by atoms with E-state index in [2.05, 4.69) is 44.3 Å². The Bertz CT molecular complexity index is 905. The fraction of sp³-hybridized carbons (Fsp3) is 0.312. The molecule has 3 heterocycles. The van der Waals surface area contributed by atoms with E-state index in [0.717, 1.165) is 15.7 Å². The van der Waals surface area contributed by atoms with Crippen molar-refractivity contribution in [2.75, 3.05) is 23.3 Å². The number of thiazole rings is 1. The van der Waals surface area contributed by atoms with Crippen LogP contribution in [0.4, 0.5) is 17.0 Å². The van der Waals surface area contributed by atoms with Gasteiger partial charge in [0.2, 0.25) is 11.9 Å². The van der Waals surface area contributed by atoms with Crippen molar-refractivity contribution in [1.82, 2.24) is 19.9 Å². The number of esters is 1. The molecule has 0 saturated heterocycles. The molecule has 0 spiro atoms. The monoisotopic (exact) mass is 405 g/mol. The van der Waals surface area contributed by atoms with Gasteiger partial charge in [-0.2, -0.15) is 15.0 Å². The van der Waals surface area contributed by atoms with Crippen LogP contribution in [0.25, 0.3) is 10.6 Å². The number of hydrogen-bond acceptors (Lipinski definition) is 11. The number of aryl methyl sites for hydroxylation is 1. The standard InChI is InChI=1S/C16H19N7O2S2/c1-9-4-5-11(27-9)10-8-26-16(20-10)19-6-2-3-13(24)25-7-12-21-14(17)23-15(18)22-12/h4-5,8H,2-3,6-7H2,1H3,(H,19,20)(H4,17,18,21,22,23). The van der Waals surface area contributed by atoms with Gasteiger partial charge in [-0.1, -0.05) is 0 Å². The number of anilines is 3. The number of nitrogens with one attached hydrogen (secondary N) is 1. The van der Waals surface area contributed by atoms with Gasteiger partial charge in [0.25, 0.3) is 0 Å². The number of nitrogen functional groups attached to an aromatic ring is 2. The van der Waals surface area contributed by atoms with Crippen molar-refractivity contribution < 1.29 is 9.53 Å². The van der Waals surface area contributed by atoms with Crippen LogP contribution in [0.2, 0.25) is 0 Å². The normalized spacial score (nSPS) is 10.7. The topological polar surface area (TPSA) is 142 Å². The number of hydrogen-bond donors (Lipinski definition) is 3. The maximum Gasteiger partial charge on any atom is 0.306 e. The molecule has 0 atom stereocenters. The Kier molecular flexibility index (Phi) is 6.14. The molecule has 27 heavy (non-hydrogen) atoms. The van der Waals surface area contributed by atoms with Crippen LogP contribution >= 0.6 is 22.7 Å². The number of nitrogens with two attached hydrogens (primary N) is 2. The number of carbonyl (C=O) groups is 1. The lowest BCUT2D eigenvalue weighted by atomic mass is 10.3. The predicted octanol–water partition coefficient (Wildman–Crippen LogP) is 2.46. The van der Waals surface area contributed by atoms with Crippen molar-refractivity contribution in [2.24, 2.45) is 0 Å². The molecule has 0 aliphatic heterocycles. The Morgan fingerprint density at radius 2 is 1.96 bits per heavy atom. The zero-order chi connectivity index (χ0) is 19.2. The van der Waals surface area contributed by atoms with Gasteiger partial charge in [0.1, 0.15) is 0 Å². The molecule has 0 aliphatic carbocycles. The highest BCUT2D eigenvalue weighted by Gasteiger charge is 2.09. The summed E-state index contributed by atoms with van der Waals surface area (Å²) < 4.78 is 5.11. The zero-order valence-corrected chi connectivity index (χ0v) is 16.3. The SMILES string of the molecule is Cc1ccc(-c2csc(NCCCC(=O)OCc3nc(N)nc(N)n3)n2)s1. The molecule has 0 bridgehead atoms. The fourth-order valence-corrected chi connectivity index (χ4v) is 3.85. The first-order valence-corrected chi connectivity index (χ1v) is 9.87. The third-order valence-corrected chi connectivity index (χ3v) is 5.23. The van der Waals surface area contributed by atoms with Gasteiger partial charge < -0.3 is 21.5 Å². The van der Waals surface area contributed by atoms with E-state index in [0.29, 0.717) is 13.0 Å². The molecule has 0 unspecified atom stereocenters. The van der Waals surface area contributed by atoms with Gasteiger partial charge in [-0.15, -0.1) is 22.7 Å². The van der Waals surface area contributed by atoms with Crippen LogP contribution in [-0.4, -0.2) is 32.4 Å². The first-order chi connectivity index (χ1) is 13.0. The van der Waals surface area contributed by atoms with Gasteiger partial charge in [0, 0.05) is 23.2 Å². The first-order valence-electron chi connectivity index (χ1n) is 8.17. The number of ether oxygens (including phenoxy) is 1. The Hall–Kier alpha value is -2.79. The highest BCUT2D eigenvalue weighted by Crippen LogP contribution is 2.30. The average molecular weight is 406 g/mol. The van der Waals surface area contributed by atoms with Crippen molar-refractivity contribution in [3.05, 3.63) is 28.2 Å². The summed E-state index contributed by atoms with van der Waals surface area (Å²) in [5.74, 6) is -0.120. The lowest BCUT2D eigenvalue weighted by Gasteiger charge is -2.05. The number of rotatable bonds is 8. The van der Waals surface area contributed by atoms with E-state index in [1.54, 1.807) is 22.7 Å². The third kappa shape index (κ3) is 5.59. The van der Waals surface area contributed by atoms with E-state index in [4.69, 9.17) is 16.2 Å². The fourth-order valence-electron chi connectivity index (χ4n) is 2.21. The van der Waals surface area contributed by atoms with Crippen molar-refractivity contribution >= 4 is 45.7 Å². The molecule has 3 aromatic heterocycles. The van der Waals surface area contributed by atoms with E-state index < -0.39 is 0 Å². The van der Waals surface area contributed by atoms with Crippen LogP contribution in [0.5, 0.6) is 0 Å². The molecule has 9 nitrogen and oxygen atoms in total. The summed E-state index contributed by atoms with van der Waals surface area (Å²) in [4.78, 5) is 30.1.